The van der Waals surface area contributed by atoms with Gasteiger partial charge in [-0.3, -0.25) is 14.4 Å². The maximum Gasteiger partial charge on any atom is 0.275 e. The van der Waals surface area contributed by atoms with Crippen molar-refractivity contribution in [1.82, 2.24) is 14.8 Å². The van der Waals surface area contributed by atoms with Gasteiger partial charge in [0.15, 0.2) is 11.4 Å². The lowest BCUT2D eigenvalue weighted by molar-refractivity contribution is 0.0389. The minimum Gasteiger partial charge on any atom is -0.503 e. The van der Waals surface area contributed by atoms with Crippen LogP contribution in [0, 0.1) is 17.6 Å². The molecular weight excluding hydrogens is 384 g/mol. The van der Waals surface area contributed by atoms with Crippen molar-refractivity contribution in [1.29, 1.82) is 0 Å². The number of amides is 2. The number of hydrogen-bond donors (Lipinski definition) is 2. The van der Waals surface area contributed by atoms with Gasteiger partial charge in [0, 0.05) is 37.5 Å². The second-order valence-electron chi connectivity index (χ2n) is 8.03. The number of nitrogens with zero attached hydrogens (tertiary/aromatic N) is 2. The Hall–Kier alpha value is -3.23. The Morgan fingerprint density at radius 1 is 1.28 bits per heavy atom. The third-order valence-electron chi connectivity index (χ3n) is 6.22. The fraction of sp³-hybridized carbons (Fsp3) is 0.350. The Balaban J connectivity index is 1.45. The van der Waals surface area contributed by atoms with Crippen LogP contribution in [-0.2, 0) is 13.1 Å². The van der Waals surface area contributed by atoms with Crippen LogP contribution in [-0.4, -0.2) is 38.5 Å². The Morgan fingerprint density at radius 3 is 2.76 bits per heavy atom. The molecule has 0 unspecified atom stereocenters. The number of fused-ring (bicyclic) bond motifs is 1. The summed E-state index contributed by atoms with van der Waals surface area (Å²) in [6.45, 7) is 0.772. The van der Waals surface area contributed by atoms with Gasteiger partial charge >= 0.3 is 0 Å². The maximum absolute atomic E-state index is 13.7. The number of aromatic nitrogens is 1. The van der Waals surface area contributed by atoms with Crippen LogP contribution in [0.15, 0.2) is 29.2 Å². The van der Waals surface area contributed by atoms with E-state index >= 15 is 0 Å². The average Bonchev–Trinajstić information content (AvgIpc) is 3.19. The molecule has 7 nitrogen and oxygen atoms in total. The SMILES string of the molecule is O=C(NCc1ccc(F)cc1F)c1cn2c(c(O)c1=O)C(=O)N1CC3CC1(C3)C2. The summed E-state index contributed by atoms with van der Waals surface area (Å²) in [6, 6.07) is 2.96. The number of hydrogen-bond acceptors (Lipinski definition) is 4. The molecule has 2 aromatic rings. The van der Waals surface area contributed by atoms with Crippen LogP contribution in [0.5, 0.6) is 5.75 Å². The fourth-order valence-corrected chi connectivity index (χ4v) is 4.87. The monoisotopic (exact) mass is 401 g/mol. The van der Waals surface area contributed by atoms with E-state index in [9.17, 15) is 28.3 Å². The lowest BCUT2D eigenvalue weighted by atomic mass is 9.72. The van der Waals surface area contributed by atoms with Crippen LogP contribution in [0.25, 0.3) is 0 Å². The Bertz CT molecular complexity index is 1140. The lowest BCUT2D eigenvalue weighted by Gasteiger charge is -2.46. The molecule has 4 aliphatic rings. The largest absolute Gasteiger partial charge is 0.503 e. The molecule has 2 bridgehead atoms. The number of rotatable bonds is 3. The summed E-state index contributed by atoms with van der Waals surface area (Å²) >= 11 is 0. The molecule has 1 aromatic carbocycles. The van der Waals surface area contributed by atoms with Crippen LogP contribution >= 0.6 is 0 Å². The number of benzene rings is 1. The molecule has 4 heterocycles. The van der Waals surface area contributed by atoms with E-state index in [2.05, 4.69) is 5.32 Å². The van der Waals surface area contributed by atoms with Crippen molar-refractivity contribution in [2.45, 2.75) is 31.5 Å². The zero-order valence-electron chi connectivity index (χ0n) is 15.2. The molecule has 1 saturated carbocycles. The normalized spacial score (nSPS) is 24.0. The zero-order chi connectivity index (χ0) is 20.5. The van der Waals surface area contributed by atoms with Crippen LogP contribution in [0.3, 0.4) is 0 Å². The smallest absolute Gasteiger partial charge is 0.275 e. The average molecular weight is 401 g/mol. The van der Waals surface area contributed by atoms with Crippen LogP contribution in [0.4, 0.5) is 8.78 Å². The van der Waals surface area contributed by atoms with Crippen molar-refractivity contribution < 1.29 is 23.5 Å². The summed E-state index contributed by atoms with van der Waals surface area (Å²) < 4.78 is 28.2. The summed E-state index contributed by atoms with van der Waals surface area (Å²) in [7, 11) is 0. The fourth-order valence-electron chi connectivity index (χ4n) is 4.87. The van der Waals surface area contributed by atoms with E-state index in [-0.39, 0.29) is 28.9 Å². The molecule has 29 heavy (non-hydrogen) atoms. The molecule has 150 valence electrons. The van der Waals surface area contributed by atoms with Gasteiger partial charge in [-0.25, -0.2) is 8.78 Å². The van der Waals surface area contributed by atoms with Crippen LogP contribution < -0.4 is 10.7 Å². The summed E-state index contributed by atoms with van der Waals surface area (Å²) in [5, 5.41) is 12.8. The van der Waals surface area contributed by atoms with Gasteiger partial charge in [0.2, 0.25) is 5.43 Å². The first-order valence-electron chi connectivity index (χ1n) is 9.29. The number of carbonyl (C=O) groups excluding carboxylic acids is 2. The number of carbonyl (C=O) groups is 2. The van der Waals surface area contributed by atoms with Gasteiger partial charge in [-0.1, -0.05) is 6.07 Å². The van der Waals surface area contributed by atoms with Crippen molar-refractivity contribution in [3.05, 3.63) is 63.1 Å². The summed E-state index contributed by atoms with van der Waals surface area (Å²) in [5.74, 6) is -3.08. The van der Waals surface area contributed by atoms with E-state index in [1.54, 1.807) is 4.90 Å². The quantitative estimate of drug-likeness (QED) is 0.813. The third-order valence-corrected chi connectivity index (χ3v) is 6.22. The molecule has 1 aromatic heterocycles. The van der Waals surface area contributed by atoms with Crippen molar-refractivity contribution in [3.8, 4) is 5.75 Å². The van der Waals surface area contributed by atoms with Crippen LogP contribution in [0.1, 0.15) is 39.3 Å². The molecule has 1 spiro atoms. The first-order chi connectivity index (χ1) is 13.8. The van der Waals surface area contributed by atoms with E-state index in [0.717, 1.165) is 18.9 Å². The maximum atomic E-state index is 13.7. The van der Waals surface area contributed by atoms with Crippen molar-refractivity contribution in [2.24, 2.45) is 5.92 Å². The number of aromatic hydroxyl groups is 1. The van der Waals surface area contributed by atoms with Gasteiger partial charge in [-0.15, -0.1) is 0 Å². The van der Waals surface area contributed by atoms with E-state index in [0.29, 0.717) is 25.1 Å². The topological polar surface area (TPSA) is 91.6 Å². The zero-order valence-corrected chi connectivity index (χ0v) is 15.2. The van der Waals surface area contributed by atoms with E-state index in [4.69, 9.17) is 0 Å². The molecule has 3 fully saturated rings. The number of pyridine rings is 1. The highest BCUT2D eigenvalue weighted by atomic mass is 19.1. The highest BCUT2D eigenvalue weighted by Gasteiger charge is 2.60. The van der Waals surface area contributed by atoms with Crippen LogP contribution in [0.2, 0.25) is 0 Å². The first-order valence-corrected chi connectivity index (χ1v) is 9.29. The molecule has 0 radical (unpaired) electrons. The molecule has 2 saturated heterocycles. The highest BCUT2D eigenvalue weighted by Crippen LogP contribution is 2.53. The molecule has 6 rings (SSSR count). The van der Waals surface area contributed by atoms with E-state index in [1.165, 1.54) is 16.8 Å². The van der Waals surface area contributed by atoms with Gasteiger partial charge in [-0.2, -0.15) is 0 Å². The molecule has 1 aliphatic carbocycles. The highest BCUT2D eigenvalue weighted by molar-refractivity contribution is 5.99. The van der Waals surface area contributed by atoms with Crippen molar-refractivity contribution in [3.63, 3.8) is 0 Å². The minimum absolute atomic E-state index is 0.0539. The molecule has 0 atom stereocenters. The van der Waals surface area contributed by atoms with Gasteiger partial charge in [-0.05, 0) is 24.8 Å². The first kappa shape index (κ1) is 17.8. The second kappa shape index (κ2) is 5.88. The molecule has 3 aliphatic heterocycles. The molecule has 9 heteroatoms. The van der Waals surface area contributed by atoms with Gasteiger partial charge in [0.1, 0.15) is 17.2 Å². The summed E-state index contributed by atoms with van der Waals surface area (Å²) in [5.41, 5.74) is -1.64. The number of nitrogens with one attached hydrogen (secondary N) is 1. The summed E-state index contributed by atoms with van der Waals surface area (Å²) in [6.07, 6.45) is 3.02. The van der Waals surface area contributed by atoms with E-state index < -0.39 is 34.6 Å². The predicted molar refractivity (Wildman–Crippen MR) is 96.4 cm³/mol. The summed E-state index contributed by atoms with van der Waals surface area (Å²) in [4.78, 5) is 39.6. The molecular formula is C20H17F2N3O4. The van der Waals surface area contributed by atoms with Gasteiger partial charge < -0.3 is 19.9 Å². The second-order valence-corrected chi connectivity index (χ2v) is 8.03. The van der Waals surface area contributed by atoms with E-state index in [1.807, 2.05) is 0 Å². The number of halogens is 2. The predicted octanol–water partition coefficient (Wildman–Crippen LogP) is 1.38. The Kier molecular flexibility index (Phi) is 3.62. The Morgan fingerprint density at radius 2 is 2.03 bits per heavy atom. The Labute approximate surface area is 163 Å². The minimum atomic E-state index is -0.954. The third kappa shape index (κ3) is 2.49. The van der Waals surface area contributed by atoms with Gasteiger partial charge in [0.25, 0.3) is 11.8 Å². The van der Waals surface area contributed by atoms with Gasteiger partial charge in [0.05, 0.1) is 5.54 Å². The van der Waals surface area contributed by atoms with Crippen molar-refractivity contribution in [2.75, 3.05) is 6.54 Å². The lowest BCUT2D eigenvalue weighted by Crippen LogP contribution is -2.56. The molecule has 2 amide bonds. The van der Waals surface area contributed by atoms with Crippen molar-refractivity contribution >= 4 is 11.8 Å². The standard InChI is InChI=1S/C20H17F2N3O4/c21-12-2-1-11(14(22)3-12)6-23-18(28)13-8-24-9-20-4-10(5-20)7-25(20)19(29)15(24)17(27)16(13)26/h1-3,8,10,27H,4-7,9H2,(H,23,28). The molecule has 2 N–H and O–H groups in total.